The van der Waals surface area contributed by atoms with Crippen LogP contribution in [0, 0.1) is 0 Å². The van der Waals surface area contributed by atoms with Crippen molar-refractivity contribution >= 4 is 29.9 Å². The van der Waals surface area contributed by atoms with E-state index in [0.29, 0.717) is 29.9 Å². The molecule has 1 heterocycles. The first-order valence-electron chi connectivity index (χ1n) is 8.02. The molecule has 0 aliphatic carbocycles. The van der Waals surface area contributed by atoms with E-state index in [4.69, 9.17) is 4.74 Å². The van der Waals surface area contributed by atoms with Crippen LogP contribution in [0.15, 0.2) is 39.3 Å². The molecule has 0 fully saturated rings. The van der Waals surface area contributed by atoms with E-state index in [2.05, 4.69) is 44.2 Å². The molecule has 1 unspecified atom stereocenters. The molecule has 0 saturated carbocycles. The van der Waals surface area contributed by atoms with Crippen LogP contribution >= 0.6 is 0 Å². The quantitative estimate of drug-likeness (QED) is 0.415. The molecule has 1 aromatic carbocycles. The van der Waals surface area contributed by atoms with Crippen LogP contribution in [0.25, 0.3) is 0 Å². The third kappa shape index (κ3) is 5.27. The Kier molecular flexibility index (Phi) is 8.14. The molecule has 0 amide bonds. The Hall–Kier alpha value is -0.0410. The minimum absolute atomic E-state index is 0.265. The summed E-state index contributed by atoms with van der Waals surface area (Å²) in [5, 5.41) is 2.76. The summed E-state index contributed by atoms with van der Waals surface area (Å²) in [4.78, 5) is 0. The van der Waals surface area contributed by atoms with Crippen molar-refractivity contribution in [2.75, 3.05) is 6.61 Å². The summed E-state index contributed by atoms with van der Waals surface area (Å²) < 4.78 is 9.54. The number of hydrogen-bond donors (Lipinski definition) is 0. The maximum atomic E-state index is 6.18. The fourth-order valence-electron chi connectivity index (χ4n) is 2.26. The van der Waals surface area contributed by atoms with Gasteiger partial charge in [0, 0.05) is 0 Å². The van der Waals surface area contributed by atoms with Crippen LogP contribution in [-0.4, -0.2) is 36.5 Å². The van der Waals surface area contributed by atoms with Gasteiger partial charge in [0.05, 0.1) is 0 Å². The maximum absolute atomic E-state index is 6.18. The van der Waals surface area contributed by atoms with Crippen molar-refractivity contribution in [2.45, 2.75) is 56.3 Å². The third-order valence-electron chi connectivity index (χ3n) is 3.53. The van der Waals surface area contributed by atoms with Gasteiger partial charge >= 0.3 is 142 Å². The molecule has 0 aromatic heterocycles. The number of hydrogen-bond acceptors (Lipinski definition) is 1. The molecule has 0 spiro atoms. The summed E-state index contributed by atoms with van der Waals surface area (Å²) >= 11 is 1.28. The van der Waals surface area contributed by atoms with Crippen molar-refractivity contribution in [1.82, 2.24) is 0 Å². The third-order valence-corrected chi connectivity index (χ3v) is 9.31. The normalized spacial score (nSPS) is 18.5. The second kappa shape index (κ2) is 9.87. The van der Waals surface area contributed by atoms with E-state index < -0.39 is 0 Å². The standard InChI is InChI=1S/C18H26OSe2/c1-3-5-12-20-16-14-19-17(15-10-8-7-9-11-15)18(16)21-13-6-4-2/h7-11,17H,3-6,12-14H2,1-2H3. The first-order chi connectivity index (χ1) is 10.4. The molecule has 1 nitrogen and oxygen atoms in total. The molecule has 2 rings (SSSR count). The van der Waals surface area contributed by atoms with Crippen LogP contribution in [0.5, 0.6) is 0 Å². The number of ether oxygens (including phenoxy) is 1. The van der Waals surface area contributed by atoms with Gasteiger partial charge in [-0.3, -0.25) is 0 Å². The first-order valence-corrected chi connectivity index (χ1v) is 12.2. The number of rotatable bonds is 9. The average molecular weight is 416 g/mol. The van der Waals surface area contributed by atoms with Gasteiger partial charge in [-0.1, -0.05) is 0 Å². The van der Waals surface area contributed by atoms with Gasteiger partial charge < -0.3 is 0 Å². The van der Waals surface area contributed by atoms with Crippen LogP contribution in [0.1, 0.15) is 51.2 Å². The Morgan fingerprint density at radius 3 is 2.33 bits per heavy atom. The summed E-state index contributed by atoms with van der Waals surface area (Å²) in [6.07, 6.45) is 5.62. The van der Waals surface area contributed by atoms with Crippen LogP contribution in [0.2, 0.25) is 10.6 Å². The molecule has 0 saturated heterocycles. The van der Waals surface area contributed by atoms with E-state index in [1.54, 1.807) is 8.94 Å². The van der Waals surface area contributed by atoms with Gasteiger partial charge in [-0.05, 0) is 0 Å². The zero-order chi connectivity index (χ0) is 14.9. The Morgan fingerprint density at radius 1 is 1.00 bits per heavy atom. The van der Waals surface area contributed by atoms with E-state index in [9.17, 15) is 0 Å². The van der Waals surface area contributed by atoms with E-state index in [1.807, 2.05) is 0 Å². The molecule has 3 heteroatoms. The summed E-state index contributed by atoms with van der Waals surface area (Å²) in [5.41, 5.74) is 1.35. The Labute approximate surface area is 142 Å². The van der Waals surface area contributed by atoms with Gasteiger partial charge in [0.25, 0.3) is 0 Å². The van der Waals surface area contributed by atoms with Crippen molar-refractivity contribution in [3.63, 3.8) is 0 Å². The van der Waals surface area contributed by atoms with Crippen molar-refractivity contribution in [3.8, 4) is 0 Å². The monoisotopic (exact) mass is 418 g/mol. The predicted octanol–water partition coefficient (Wildman–Crippen LogP) is 4.81. The molecule has 1 aromatic rings. The fraction of sp³-hybridized carbons (Fsp3) is 0.556. The topological polar surface area (TPSA) is 9.23 Å². The zero-order valence-corrected chi connectivity index (χ0v) is 16.6. The van der Waals surface area contributed by atoms with Gasteiger partial charge in [-0.25, -0.2) is 0 Å². The van der Waals surface area contributed by atoms with E-state index in [-0.39, 0.29) is 6.10 Å². The van der Waals surface area contributed by atoms with Gasteiger partial charge in [0.2, 0.25) is 0 Å². The molecule has 0 N–H and O–H groups in total. The SMILES string of the molecule is CCCC[Se]C1=C([Se]CCCC)C(c2ccccc2)OC1. The van der Waals surface area contributed by atoms with Gasteiger partial charge in [-0.2, -0.15) is 0 Å². The first kappa shape index (κ1) is 17.3. The molecule has 0 bridgehead atoms. The second-order valence-corrected chi connectivity index (χ2v) is 10.2. The van der Waals surface area contributed by atoms with Gasteiger partial charge in [-0.15, -0.1) is 0 Å². The summed E-state index contributed by atoms with van der Waals surface area (Å²) in [6, 6.07) is 10.8. The van der Waals surface area contributed by atoms with Crippen LogP contribution in [0.3, 0.4) is 0 Å². The fourth-order valence-corrected chi connectivity index (χ4v) is 8.39. The molecule has 1 aliphatic rings. The van der Waals surface area contributed by atoms with E-state index >= 15 is 0 Å². The van der Waals surface area contributed by atoms with E-state index in [0.717, 1.165) is 6.61 Å². The minimum atomic E-state index is 0.265. The van der Waals surface area contributed by atoms with Crippen LogP contribution in [0.4, 0.5) is 0 Å². The molecule has 1 atom stereocenters. The number of benzene rings is 1. The summed E-state index contributed by atoms with van der Waals surface area (Å²) in [5.74, 6) is 0. The molecular weight excluding hydrogens is 390 g/mol. The van der Waals surface area contributed by atoms with Crippen molar-refractivity contribution in [1.29, 1.82) is 0 Å². The average Bonchev–Trinajstić information content (AvgIpc) is 2.92. The van der Waals surface area contributed by atoms with Crippen LogP contribution in [-0.2, 0) is 4.74 Å². The van der Waals surface area contributed by atoms with Crippen LogP contribution < -0.4 is 0 Å². The molecule has 116 valence electrons. The van der Waals surface area contributed by atoms with Crippen molar-refractivity contribution < 1.29 is 4.74 Å². The molecule has 1 aliphatic heterocycles. The predicted molar refractivity (Wildman–Crippen MR) is 93.1 cm³/mol. The number of unbranched alkanes of at least 4 members (excludes halogenated alkanes) is 2. The van der Waals surface area contributed by atoms with Crippen molar-refractivity contribution in [3.05, 3.63) is 44.8 Å². The summed E-state index contributed by atoms with van der Waals surface area (Å²) in [6.45, 7) is 5.47. The molecular formula is C18H26OSe2. The van der Waals surface area contributed by atoms with Gasteiger partial charge in [0.1, 0.15) is 0 Å². The zero-order valence-electron chi connectivity index (χ0n) is 13.1. The van der Waals surface area contributed by atoms with E-state index in [1.165, 1.54) is 41.9 Å². The second-order valence-electron chi connectivity index (χ2n) is 5.29. The molecule has 0 radical (unpaired) electrons. The Bertz CT molecular complexity index is 442. The van der Waals surface area contributed by atoms with Gasteiger partial charge in [0.15, 0.2) is 0 Å². The molecule has 21 heavy (non-hydrogen) atoms. The summed E-state index contributed by atoms with van der Waals surface area (Å²) in [7, 11) is 0. The van der Waals surface area contributed by atoms with Crippen molar-refractivity contribution in [2.24, 2.45) is 0 Å². The Morgan fingerprint density at radius 2 is 1.67 bits per heavy atom. The Balaban J connectivity index is 2.08.